The summed E-state index contributed by atoms with van der Waals surface area (Å²) in [6.45, 7) is 6.76. The highest BCUT2D eigenvalue weighted by molar-refractivity contribution is 5.90. The van der Waals surface area contributed by atoms with Crippen molar-refractivity contribution in [3.8, 4) is 17.4 Å². The van der Waals surface area contributed by atoms with Gasteiger partial charge in [-0.3, -0.25) is 0 Å². The molecular weight excluding hydrogens is 328 g/mol. The maximum Gasteiger partial charge on any atom is 0.238 e. The van der Waals surface area contributed by atoms with Crippen molar-refractivity contribution in [2.45, 2.75) is 40.2 Å². The number of nitrogens with zero attached hydrogens (tertiary/aromatic N) is 1. The van der Waals surface area contributed by atoms with Gasteiger partial charge in [-0.2, -0.15) is 0 Å². The van der Waals surface area contributed by atoms with E-state index in [-0.39, 0.29) is 0 Å². The second-order valence-electron chi connectivity index (χ2n) is 6.43. The lowest BCUT2D eigenvalue weighted by Crippen LogP contribution is -2.02. The van der Waals surface area contributed by atoms with E-state index in [0.29, 0.717) is 12.5 Å². The summed E-state index contributed by atoms with van der Waals surface area (Å²) >= 11 is 0. The number of hydrogen-bond donors (Lipinski definition) is 1. The fraction of sp³-hybridized carbons (Fsp3) is 0.381. The Morgan fingerprint density at radius 1 is 1.08 bits per heavy atom. The van der Waals surface area contributed by atoms with Crippen LogP contribution in [0.1, 0.15) is 35.7 Å². The number of aromatic nitrogens is 2. The predicted octanol–water partition coefficient (Wildman–Crippen LogP) is 4.73. The molecule has 0 aliphatic heterocycles. The lowest BCUT2D eigenvalue weighted by atomic mass is 10.0. The van der Waals surface area contributed by atoms with Crippen molar-refractivity contribution >= 4 is 10.9 Å². The quantitative estimate of drug-likeness (QED) is 0.666. The van der Waals surface area contributed by atoms with Crippen LogP contribution in [0.3, 0.4) is 0 Å². The van der Waals surface area contributed by atoms with E-state index in [2.05, 4.69) is 30.7 Å². The summed E-state index contributed by atoms with van der Waals surface area (Å²) in [6, 6.07) is 5.68. The third kappa shape index (κ3) is 3.34. The molecule has 3 aromatic rings. The van der Waals surface area contributed by atoms with Gasteiger partial charge < -0.3 is 19.2 Å². The number of aromatic amines is 1. The first-order chi connectivity index (χ1) is 12.6. The topological polar surface area (TPSA) is 56.4 Å². The summed E-state index contributed by atoms with van der Waals surface area (Å²) in [5.74, 6) is 2.15. The Morgan fingerprint density at radius 3 is 2.58 bits per heavy atom. The number of rotatable bonds is 7. The van der Waals surface area contributed by atoms with E-state index in [0.717, 1.165) is 41.1 Å². The lowest BCUT2D eigenvalue weighted by molar-refractivity contribution is 0.287. The molecule has 3 rings (SSSR count). The molecule has 5 nitrogen and oxygen atoms in total. The first-order valence-electron chi connectivity index (χ1n) is 8.89. The van der Waals surface area contributed by atoms with Crippen LogP contribution in [-0.2, 0) is 13.0 Å². The van der Waals surface area contributed by atoms with E-state index in [9.17, 15) is 0 Å². The van der Waals surface area contributed by atoms with Crippen LogP contribution in [0, 0.1) is 13.8 Å². The zero-order valence-electron chi connectivity index (χ0n) is 16.1. The molecule has 2 aromatic heterocycles. The van der Waals surface area contributed by atoms with Gasteiger partial charge in [0.25, 0.3) is 0 Å². The first-order valence-corrected chi connectivity index (χ1v) is 8.89. The molecule has 0 amide bonds. The predicted molar refractivity (Wildman–Crippen MR) is 103 cm³/mol. The van der Waals surface area contributed by atoms with Crippen LogP contribution in [0.15, 0.2) is 24.4 Å². The minimum atomic E-state index is 0.354. The number of benzene rings is 1. The van der Waals surface area contributed by atoms with Crippen LogP contribution in [0.5, 0.6) is 17.4 Å². The number of nitrogens with one attached hydrogen (secondary N) is 1. The monoisotopic (exact) mass is 354 g/mol. The van der Waals surface area contributed by atoms with E-state index in [4.69, 9.17) is 14.2 Å². The fourth-order valence-corrected chi connectivity index (χ4v) is 3.26. The molecule has 0 unspecified atom stereocenters. The maximum absolute atomic E-state index is 6.07. The third-order valence-corrected chi connectivity index (χ3v) is 4.74. The summed E-state index contributed by atoms with van der Waals surface area (Å²) in [5.41, 5.74) is 5.55. The van der Waals surface area contributed by atoms with Gasteiger partial charge >= 0.3 is 0 Å². The minimum absolute atomic E-state index is 0.354. The van der Waals surface area contributed by atoms with Crippen molar-refractivity contribution in [2.24, 2.45) is 0 Å². The third-order valence-electron chi connectivity index (χ3n) is 4.74. The van der Waals surface area contributed by atoms with E-state index in [1.54, 1.807) is 14.2 Å². The van der Waals surface area contributed by atoms with Crippen molar-refractivity contribution in [2.75, 3.05) is 14.2 Å². The highest BCUT2D eigenvalue weighted by atomic mass is 16.5. The summed E-state index contributed by atoms with van der Waals surface area (Å²) in [5, 5.41) is 1.23. The molecule has 138 valence electrons. The Balaban J connectivity index is 1.95. The van der Waals surface area contributed by atoms with Crippen LogP contribution >= 0.6 is 0 Å². The van der Waals surface area contributed by atoms with Crippen LogP contribution in [0.25, 0.3) is 10.9 Å². The van der Waals surface area contributed by atoms with Crippen LogP contribution in [0.4, 0.5) is 0 Å². The summed E-state index contributed by atoms with van der Waals surface area (Å²) in [4.78, 5) is 8.01. The molecule has 0 saturated heterocycles. The van der Waals surface area contributed by atoms with Crippen LogP contribution in [-0.4, -0.2) is 24.2 Å². The van der Waals surface area contributed by atoms with E-state index in [1.165, 1.54) is 16.5 Å². The Bertz CT molecular complexity index is 915. The van der Waals surface area contributed by atoms with Gasteiger partial charge in [0.2, 0.25) is 5.88 Å². The Hall–Kier alpha value is -2.69. The SMILES string of the molecule is CCCc1cnc(OCc2cc(OC)ccc2OC)c2[nH]c(C)c(C)c12. The molecule has 0 atom stereocenters. The molecule has 0 saturated carbocycles. The van der Waals surface area contributed by atoms with E-state index in [1.807, 2.05) is 24.4 Å². The van der Waals surface area contributed by atoms with Crippen molar-refractivity contribution in [1.29, 1.82) is 0 Å². The van der Waals surface area contributed by atoms with Crippen molar-refractivity contribution in [1.82, 2.24) is 9.97 Å². The van der Waals surface area contributed by atoms with Crippen LogP contribution < -0.4 is 14.2 Å². The molecule has 0 fully saturated rings. The Morgan fingerprint density at radius 2 is 1.88 bits per heavy atom. The molecule has 1 N–H and O–H groups in total. The molecular formula is C21H26N2O3. The molecule has 1 aromatic carbocycles. The van der Waals surface area contributed by atoms with Gasteiger partial charge in [-0.15, -0.1) is 0 Å². The normalized spacial score (nSPS) is 11.0. The average Bonchev–Trinajstić information content (AvgIpc) is 2.96. The van der Waals surface area contributed by atoms with Crippen molar-refractivity contribution in [3.63, 3.8) is 0 Å². The zero-order valence-corrected chi connectivity index (χ0v) is 16.1. The van der Waals surface area contributed by atoms with Gasteiger partial charge in [0.15, 0.2) is 0 Å². The molecule has 0 spiro atoms. The van der Waals surface area contributed by atoms with Gasteiger partial charge in [0.1, 0.15) is 23.6 Å². The fourth-order valence-electron chi connectivity index (χ4n) is 3.26. The minimum Gasteiger partial charge on any atom is -0.497 e. The smallest absolute Gasteiger partial charge is 0.238 e. The largest absolute Gasteiger partial charge is 0.497 e. The average molecular weight is 354 g/mol. The zero-order chi connectivity index (χ0) is 18.7. The van der Waals surface area contributed by atoms with Crippen LogP contribution in [0.2, 0.25) is 0 Å². The first kappa shape index (κ1) is 18.1. The number of fused-ring (bicyclic) bond motifs is 1. The maximum atomic E-state index is 6.07. The van der Waals surface area contributed by atoms with E-state index >= 15 is 0 Å². The summed E-state index contributed by atoms with van der Waals surface area (Å²) in [6.07, 6.45) is 4.03. The van der Waals surface area contributed by atoms with Gasteiger partial charge in [-0.1, -0.05) is 13.3 Å². The van der Waals surface area contributed by atoms with Gasteiger partial charge in [-0.05, 0) is 49.6 Å². The molecule has 2 heterocycles. The summed E-state index contributed by atoms with van der Waals surface area (Å²) < 4.78 is 16.8. The van der Waals surface area contributed by atoms with Gasteiger partial charge in [0, 0.05) is 22.8 Å². The molecule has 0 aliphatic rings. The number of methoxy groups -OCH3 is 2. The number of H-pyrrole nitrogens is 1. The highest BCUT2D eigenvalue weighted by Gasteiger charge is 2.15. The van der Waals surface area contributed by atoms with Gasteiger partial charge in [0.05, 0.1) is 14.2 Å². The van der Waals surface area contributed by atoms with Crippen molar-refractivity contribution < 1.29 is 14.2 Å². The number of aryl methyl sites for hydroxylation is 3. The summed E-state index contributed by atoms with van der Waals surface area (Å²) in [7, 11) is 3.30. The Kier molecular flexibility index (Phi) is 5.35. The van der Waals surface area contributed by atoms with E-state index < -0.39 is 0 Å². The molecule has 0 aliphatic carbocycles. The number of hydrogen-bond acceptors (Lipinski definition) is 4. The Labute approximate surface area is 154 Å². The van der Waals surface area contributed by atoms with Crippen molar-refractivity contribution in [3.05, 3.63) is 46.8 Å². The number of ether oxygens (including phenoxy) is 3. The molecule has 5 heteroatoms. The highest BCUT2D eigenvalue weighted by Crippen LogP contribution is 2.32. The standard InChI is InChI=1S/C21H26N2O3/c1-6-7-15-11-22-21(20-19(15)13(2)14(3)23-20)26-12-16-10-17(24-4)8-9-18(16)25-5/h8-11,23H,6-7,12H2,1-5H3. The molecule has 26 heavy (non-hydrogen) atoms. The number of pyridine rings is 1. The molecule has 0 bridgehead atoms. The lowest BCUT2D eigenvalue weighted by Gasteiger charge is -2.12. The second kappa shape index (κ2) is 7.68. The molecule has 0 radical (unpaired) electrons. The van der Waals surface area contributed by atoms with Gasteiger partial charge in [-0.25, -0.2) is 4.98 Å². The second-order valence-corrected chi connectivity index (χ2v) is 6.43.